The highest BCUT2D eigenvalue weighted by molar-refractivity contribution is 6.31. The van der Waals surface area contributed by atoms with Crippen molar-refractivity contribution < 1.29 is 14.3 Å². The summed E-state index contributed by atoms with van der Waals surface area (Å²) in [5.74, 6) is -1.60. The molecule has 2 atom stereocenters. The maximum atomic E-state index is 13.9. The van der Waals surface area contributed by atoms with Crippen LogP contribution in [0.25, 0.3) is 0 Å². The van der Waals surface area contributed by atoms with Crippen molar-refractivity contribution in [3.05, 3.63) is 34.6 Å². The molecule has 1 N–H and O–H groups in total. The fraction of sp³-hybridized carbons (Fsp3) is 0.462. The van der Waals surface area contributed by atoms with E-state index in [9.17, 15) is 14.3 Å². The lowest BCUT2D eigenvalue weighted by molar-refractivity contribution is -0.145. The quantitative estimate of drug-likeness (QED) is 0.877. The zero-order chi connectivity index (χ0) is 12.6. The van der Waals surface area contributed by atoms with E-state index in [-0.39, 0.29) is 16.5 Å². The number of rotatable bonds is 2. The maximum absolute atomic E-state index is 13.9. The Hall–Kier alpha value is -1.09. The van der Waals surface area contributed by atoms with E-state index in [1.54, 1.807) is 6.07 Å². The van der Waals surface area contributed by atoms with Crippen LogP contribution in [0.3, 0.4) is 0 Å². The molecule has 0 saturated heterocycles. The van der Waals surface area contributed by atoms with Crippen LogP contribution in [0.2, 0.25) is 5.02 Å². The van der Waals surface area contributed by atoms with E-state index in [0.29, 0.717) is 6.42 Å². The van der Waals surface area contributed by atoms with E-state index in [1.165, 1.54) is 12.1 Å². The molecular formula is C13H14ClFO2. The van der Waals surface area contributed by atoms with Crippen molar-refractivity contribution in [1.82, 2.24) is 0 Å². The first-order valence-electron chi connectivity index (χ1n) is 5.68. The van der Waals surface area contributed by atoms with Crippen molar-refractivity contribution in [3.63, 3.8) is 0 Å². The first kappa shape index (κ1) is 12.4. The summed E-state index contributed by atoms with van der Waals surface area (Å²) in [5, 5.41) is 9.72. The standard InChI is InChI=1S/C13H14ClFO2/c1-8-4-3-7-13(8,12(16)17)11-9(14)5-2-6-10(11)15/h2,5-6,8H,3-4,7H2,1H3,(H,16,17). The topological polar surface area (TPSA) is 37.3 Å². The van der Waals surface area contributed by atoms with E-state index in [0.717, 1.165) is 12.8 Å². The van der Waals surface area contributed by atoms with Crippen molar-refractivity contribution in [2.75, 3.05) is 0 Å². The van der Waals surface area contributed by atoms with E-state index in [2.05, 4.69) is 0 Å². The highest BCUT2D eigenvalue weighted by atomic mass is 35.5. The Labute approximate surface area is 104 Å². The average molecular weight is 257 g/mol. The van der Waals surface area contributed by atoms with Crippen LogP contribution in [0.1, 0.15) is 31.7 Å². The number of hydrogen-bond acceptors (Lipinski definition) is 1. The third kappa shape index (κ3) is 1.73. The van der Waals surface area contributed by atoms with Gasteiger partial charge in [0.2, 0.25) is 0 Å². The van der Waals surface area contributed by atoms with Gasteiger partial charge in [-0.2, -0.15) is 0 Å². The van der Waals surface area contributed by atoms with Crippen LogP contribution >= 0.6 is 11.6 Å². The first-order chi connectivity index (χ1) is 8.00. The molecule has 0 radical (unpaired) electrons. The van der Waals surface area contributed by atoms with Crippen molar-refractivity contribution >= 4 is 17.6 Å². The lowest BCUT2D eigenvalue weighted by Gasteiger charge is -2.30. The molecule has 2 nitrogen and oxygen atoms in total. The van der Waals surface area contributed by atoms with E-state index in [1.807, 2.05) is 6.92 Å². The molecule has 1 aliphatic carbocycles. The molecule has 2 unspecified atom stereocenters. The maximum Gasteiger partial charge on any atom is 0.314 e. The minimum absolute atomic E-state index is 0.102. The number of hydrogen-bond donors (Lipinski definition) is 1. The summed E-state index contributed by atoms with van der Waals surface area (Å²) >= 11 is 6.01. The number of aliphatic carboxylic acids is 1. The van der Waals surface area contributed by atoms with Crippen LogP contribution in [0, 0.1) is 11.7 Å². The van der Waals surface area contributed by atoms with E-state index < -0.39 is 17.2 Å². The van der Waals surface area contributed by atoms with Crippen LogP contribution in [-0.2, 0) is 10.2 Å². The Morgan fingerprint density at radius 2 is 2.29 bits per heavy atom. The molecule has 0 aromatic heterocycles. The molecule has 17 heavy (non-hydrogen) atoms. The predicted octanol–water partition coefficient (Wildman–Crippen LogP) is 3.62. The van der Waals surface area contributed by atoms with Gasteiger partial charge in [-0.25, -0.2) is 4.39 Å². The van der Waals surface area contributed by atoms with Gasteiger partial charge in [0.25, 0.3) is 0 Å². The largest absolute Gasteiger partial charge is 0.481 e. The summed E-state index contributed by atoms with van der Waals surface area (Å²) in [4.78, 5) is 11.6. The molecule has 0 bridgehead atoms. The zero-order valence-corrected chi connectivity index (χ0v) is 10.3. The third-order valence-corrected chi connectivity index (χ3v) is 4.15. The molecule has 4 heteroatoms. The molecule has 0 aliphatic heterocycles. The van der Waals surface area contributed by atoms with Crippen molar-refractivity contribution in [1.29, 1.82) is 0 Å². The van der Waals surface area contributed by atoms with Crippen LogP contribution in [-0.4, -0.2) is 11.1 Å². The Balaban J connectivity index is 2.66. The predicted molar refractivity (Wildman–Crippen MR) is 63.7 cm³/mol. The number of halogens is 2. The molecule has 0 spiro atoms. The average Bonchev–Trinajstić information content (AvgIpc) is 2.61. The van der Waals surface area contributed by atoms with Crippen LogP contribution in [0.5, 0.6) is 0 Å². The Bertz CT molecular complexity index is 440. The second-order valence-electron chi connectivity index (χ2n) is 4.67. The summed E-state index contributed by atoms with van der Waals surface area (Å²) < 4.78 is 13.9. The molecule has 2 rings (SSSR count). The SMILES string of the molecule is CC1CCCC1(C(=O)O)c1c(F)cccc1Cl. The second kappa shape index (κ2) is 4.30. The van der Waals surface area contributed by atoms with Gasteiger partial charge in [-0.1, -0.05) is 31.0 Å². The fourth-order valence-electron chi connectivity index (χ4n) is 2.90. The number of carboxylic acid groups (broad SMARTS) is 1. The van der Waals surface area contributed by atoms with Gasteiger partial charge in [0.05, 0.1) is 5.41 Å². The van der Waals surface area contributed by atoms with Gasteiger partial charge in [0, 0.05) is 10.6 Å². The van der Waals surface area contributed by atoms with Gasteiger partial charge in [0.1, 0.15) is 5.82 Å². The smallest absolute Gasteiger partial charge is 0.314 e. The Morgan fingerprint density at radius 3 is 2.76 bits per heavy atom. The molecule has 1 saturated carbocycles. The van der Waals surface area contributed by atoms with Gasteiger partial charge < -0.3 is 5.11 Å². The lowest BCUT2D eigenvalue weighted by atomic mass is 9.72. The van der Waals surface area contributed by atoms with Gasteiger partial charge in [0.15, 0.2) is 0 Å². The Morgan fingerprint density at radius 1 is 1.59 bits per heavy atom. The molecule has 0 amide bonds. The van der Waals surface area contributed by atoms with Gasteiger partial charge in [-0.3, -0.25) is 4.79 Å². The van der Waals surface area contributed by atoms with Crippen molar-refractivity contribution in [2.45, 2.75) is 31.6 Å². The third-order valence-electron chi connectivity index (χ3n) is 3.84. The van der Waals surface area contributed by atoms with Crippen LogP contribution in [0.4, 0.5) is 4.39 Å². The zero-order valence-electron chi connectivity index (χ0n) is 9.54. The van der Waals surface area contributed by atoms with Gasteiger partial charge in [-0.15, -0.1) is 0 Å². The van der Waals surface area contributed by atoms with Crippen molar-refractivity contribution in [2.24, 2.45) is 5.92 Å². The molecular weight excluding hydrogens is 243 g/mol. The molecule has 1 fully saturated rings. The molecule has 92 valence electrons. The number of carbonyl (C=O) groups is 1. The minimum Gasteiger partial charge on any atom is -0.481 e. The second-order valence-corrected chi connectivity index (χ2v) is 5.07. The summed E-state index contributed by atoms with van der Waals surface area (Å²) in [7, 11) is 0. The van der Waals surface area contributed by atoms with Gasteiger partial charge >= 0.3 is 5.97 Å². The molecule has 1 aromatic carbocycles. The van der Waals surface area contributed by atoms with E-state index >= 15 is 0 Å². The minimum atomic E-state index is -1.16. The van der Waals surface area contributed by atoms with Gasteiger partial charge in [-0.05, 0) is 30.9 Å². The summed E-state index contributed by atoms with van der Waals surface area (Å²) in [5.41, 5.74) is -1.01. The molecule has 1 aromatic rings. The number of benzene rings is 1. The van der Waals surface area contributed by atoms with Crippen molar-refractivity contribution in [3.8, 4) is 0 Å². The molecule has 0 heterocycles. The highest BCUT2D eigenvalue weighted by Gasteiger charge is 2.50. The Kier molecular flexibility index (Phi) is 3.13. The summed E-state index contributed by atoms with van der Waals surface area (Å²) in [6, 6.07) is 4.32. The van der Waals surface area contributed by atoms with Crippen LogP contribution in [0.15, 0.2) is 18.2 Å². The number of carboxylic acids is 1. The fourth-order valence-corrected chi connectivity index (χ4v) is 3.23. The summed E-state index contributed by atoms with van der Waals surface area (Å²) in [6.07, 6.45) is 2.03. The highest BCUT2D eigenvalue weighted by Crippen LogP contribution is 2.48. The van der Waals surface area contributed by atoms with Crippen LogP contribution < -0.4 is 0 Å². The molecule has 1 aliphatic rings. The lowest BCUT2D eigenvalue weighted by Crippen LogP contribution is -2.39. The summed E-state index contributed by atoms with van der Waals surface area (Å²) in [6.45, 7) is 1.85. The normalized spacial score (nSPS) is 28.3. The monoisotopic (exact) mass is 256 g/mol. The first-order valence-corrected chi connectivity index (χ1v) is 6.06. The van der Waals surface area contributed by atoms with E-state index in [4.69, 9.17) is 11.6 Å².